The van der Waals surface area contributed by atoms with Crippen LogP contribution in [-0.2, 0) is 0 Å². The molecule has 1 aromatic rings. The van der Waals surface area contributed by atoms with E-state index in [2.05, 4.69) is 31.6 Å². The molecule has 0 bridgehead atoms. The normalized spacial score (nSPS) is 18.0. The Bertz CT molecular complexity index is 662. The van der Waals surface area contributed by atoms with Crippen LogP contribution in [-0.4, -0.2) is 17.4 Å². The Balaban J connectivity index is 2.82. The molecule has 1 unspecified atom stereocenters. The van der Waals surface area contributed by atoms with Gasteiger partial charge in [0.15, 0.2) is 6.29 Å². The monoisotopic (exact) mass is 326 g/mol. The van der Waals surface area contributed by atoms with Crippen LogP contribution in [0.25, 0.3) is 5.70 Å². The second kappa shape index (κ2) is 5.46. The Morgan fingerprint density at radius 1 is 1.58 bits per heavy atom. The van der Waals surface area contributed by atoms with Gasteiger partial charge in [0.25, 0.3) is 5.56 Å². The first kappa shape index (κ1) is 14.3. The third-order valence-corrected chi connectivity index (χ3v) is 3.65. The third-order valence-electron chi connectivity index (χ3n) is 3.09. The first-order valence-electron chi connectivity index (χ1n) is 6.45. The fourth-order valence-corrected chi connectivity index (χ4v) is 2.63. The first-order valence-corrected chi connectivity index (χ1v) is 7.24. The van der Waals surface area contributed by atoms with Gasteiger partial charge in [-0.05, 0) is 49.3 Å². The van der Waals surface area contributed by atoms with Gasteiger partial charge in [-0.25, -0.2) is 4.99 Å². The molecule has 6 heteroatoms. The Morgan fingerprint density at radius 2 is 2.26 bits per heavy atom. The number of halogens is 1. The summed E-state index contributed by atoms with van der Waals surface area (Å²) in [7, 11) is 0. The predicted octanol–water partition coefficient (Wildman–Crippen LogP) is 0.436. The number of fused-ring (bicyclic) bond motifs is 1. The molecule has 0 aliphatic carbocycles. The quantitative estimate of drug-likeness (QED) is 0.847. The molecule has 2 N–H and O–H groups in total. The van der Waals surface area contributed by atoms with E-state index in [1.54, 1.807) is 4.57 Å². The second-order valence-corrected chi connectivity index (χ2v) is 5.71. The number of nitrogens with zero attached hydrogens (tertiary/aromatic N) is 2. The number of hydrogen-bond donors (Lipinski definition) is 2. The van der Waals surface area contributed by atoms with Crippen molar-refractivity contribution in [3.8, 4) is 0 Å². The van der Waals surface area contributed by atoms with Crippen LogP contribution in [0.1, 0.15) is 33.7 Å². The molecular weight excluding hydrogens is 308 g/mol. The van der Waals surface area contributed by atoms with Crippen LogP contribution in [0, 0.1) is 0 Å². The van der Waals surface area contributed by atoms with Crippen LogP contribution >= 0.6 is 15.9 Å². The molecule has 19 heavy (non-hydrogen) atoms. The van der Waals surface area contributed by atoms with Crippen molar-refractivity contribution in [1.82, 2.24) is 15.2 Å². The van der Waals surface area contributed by atoms with Crippen molar-refractivity contribution in [3.05, 3.63) is 31.6 Å². The van der Waals surface area contributed by atoms with Crippen LogP contribution < -0.4 is 26.9 Å². The lowest BCUT2D eigenvalue weighted by molar-refractivity contribution is 0.460. The minimum Gasteiger partial charge on any atom is -0.354 e. The molecule has 1 aromatic heterocycles. The zero-order chi connectivity index (χ0) is 14.2. The summed E-state index contributed by atoms with van der Waals surface area (Å²) in [5.41, 5.74) is 1.72. The van der Waals surface area contributed by atoms with Gasteiger partial charge in [-0.15, -0.1) is 0 Å². The largest absolute Gasteiger partial charge is 0.354 e. The van der Waals surface area contributed by atoms with E-state index in [4.69, 9.17) is 0 Å². The highest BCUT2D eigenvalue weighted by Crippen LogP contribution is 2.03. The van der Waals surface area contributed by atoms with E-state index in [0.29, 0.717) is 4.47 Å². The zero-order valence-corrected chi connectivity index (χ0v) is 13.2. The van der Waals surface area contributed by atoms with E-state index in [9.17, 15) is 4.79 Å². The van der Waals surface area contributed by atoms with Crippen LogP contribution in [0.3, 0.4) is 0 Å². The van der Waals surface area contributed by atoms with E-state index in [1.165, 1.54) is 0 Å². The summed E-state index contributed by atoms with van der Waals surface area (Å²) < 4.78 is 2.30. The summed E-state index contributed by atoms with van der Waals surface area (Å²) in [6, 6.07) is 1.90. The highest BCUT2D eigenvalue weighted by Gasteiger charge is 2.16. The van der Waals surface area contributed by atoms with Gasteiger partial charge in [0.1, 0.15) is 5.49 Å². The first-order chi connectivity index (χ1) is 8.95. The molecule has 0 aromatic carbocycles. The van der Waals surface area contributed by atoms with Gasteiger partial charge >= 0.3 is 0 Å². The Hall–Kier alpha value is -1.14. The van der Waals surface area contributed by atoms with Gasteiger partial charge in [-0.3, -0.25) is 14.7 Å². The van der Waals surface area contributed by atoms with Gasteiger partial charge in [0.2, 0.25) is 0 Å². The maximum atomic E-state index is 12.3. The number of rotatable bonds is 3. The highest BCUT2D eigenvalue weighted by molar-refractivity contribution is 9.10. The lowest BCUT2D eigenvalue weighted by Crippen LogP contribution is -2.54. The molecule has 104 valence electrons. The SMILES string of the molecule is CCNC1N=c2c(cc(Br)c(=O)n2C(C)C)=C(C)N1. The number of pyridine rings is 1. The number of aromatic nitrogens is 1. The molecular formula is C13H19BrN4O. The lowest BCUT2D eigenvalue weighted by atomic mass is 10.2. The molecule has 2 heterocycles. The maximum absolute atomic E-state index is 12.3. The molecule has 0 radical (unpaired) electrons. The molecule has 1 aliphatic rings. The van der Waals surface area contributed by atoms with Crippen LogP contribution in [0.4, 0.5) is 0 Å². The van der Waals surface area contributed by atoms with Crippen LogP contribution in [0.2, 0.25) is 0 Å². The number of nitrogens with one attached hydrogen (secondary N) is 2. The van der Waals surface area contributed by atoms with E-state index < -0.39 is 0 Å². The van der Waals surface area contributed by atoms with Crippen LogP contribution in [0.15, 0.2) is 20.3 Å². The summed E-state index contributed by atoms with van der Waals surface area (Å²) in [6.45, 7) is 8.82. The summed E-state index contributed by atoms with van der Waals surface area (Å²) >= 11 is 3.34. The topological polar surface area (TPSA) is 58.4 Å². The smallest absolute Gasteiger partial charge is 0.266 e. The summed E-state index contributed by atoms with van der Waals surface area (Å²) in [5.74, 6) is 0. The molecule has 0 spiro atoms. The van der Waals surface area contributed by atoms with Crippen molar-refractivity contribution in [2.45, 2.75) is 40.0 Å². The molecule has 5 nitrogen and oxygen atoms in total. The average Bonchev–Trinajstić information content (AvgIpc) is 2.32. The fraction of sp³-hybridized carbons (Fsp3) is 0.538. The number of hydrogen-bond acceptors (Lipinski definition) is 4. The Kier molecular flexibility index (Phi) is 4.10. The van der Waals surface area contributed by atoms with E-state index >= 15 is 0 Å². The van der Waals surface area contributed by atoms with E-state index in [-0.39, 0.29) is 17.9 Å². The minimum absolute atomic E-state index is 0.0394. The summed E-state index contributed by atoms with van der Waals surface area (Å²) in [6.07, 6.45) is -0.178. The molecule has 1 atom stereocenters. The van der Waals surface area contributed by atoms with E-state index in [1.807, 2.05) is 33.8 Å². The molecule has 1 aliphatic heterocycles. The van der Waals surface area contributed by atoms with Crippen molar-refractivity contribution in [2.75, 3.05) is 6.54 Å². The van der Waals surface area contributed by atoms with Crippen molar-refractivity contribution in [3.63, 3.8) is 0 Å². The van der Waals surface area contributed by atoms with Gasteiger partial charge in [0.05, 0.1) is 4.47 Å². The molecule has 0 saturated carbocycles. The van der Waals surface area contributed by atoms with Crippen molar-refractivity contribution >= 4 is 21.6 Å². The molecule has 2 rings (SSSR count). The van der Waals surface area contributed by atoms with Gasteiger partial charge in [-0.1, -0.05) is 6.92 Å². The summed E-state index contributed by atoms with van der Waals surface area (Å²) in [4.78, 5) is 16.9. The average molecular weight is 327 g/mol. The minimum atomic E-state index is -0.178. The fourth-order valence-electron chi connectivity index (χ4n) is 2.21. The third kappa shape index (κ3) is 2.60. The second-order valence-electron chi connectivity index (χ2n) is 4.86. The Labute approximate surface area is 120 Å². The van der Waals surface area contributed by atoms with Crippen molar-refractivity contribution < 1.29 is 0 Å². The molecule has 0 fully saturated rings. The lowest BCUT2D eigenvalue weighted by Gasteiger charge is -2.23. The van der Waals surface area contributed by atoms with Gasteiger partial charge < -0.3 is 5.32 Å². The maximum Gasteiger partial charge on any atom is 0.266 e. The summed E-state index contributed by atoms with van der Waals surface area (Å²) in [5, 5.41) is 7.49. The van der Waals surface area contributed by atoms with E-state index in [0.717, 1.165) is 22.9 Å². The van der Waals surface area contributed by atoms with Crippen molar-refractivity contribution in [2.24, 2.45) is 4.99 Å². The van der Waals surface area contributed by atoms with Gasteiger partial charge in [-0.2, -0.15) is 0 Å². The Morgan fingerprint density at radius 3 is 2.84 bits per heavy atom. The standard InChI is InChI=1S/C13H19BrN4O/c1-5-15-13-16-8(4)9-6-10(14)12(19)18(7(2)3)11(9)17-13/h6-7,13,15-16H,5H2,1-4H3. The van der Waals surface area contributed by atoms with Crippen molar-refractivity contribution in [1.29, 1.82) is 0 Å². The predicted molar refractivity (Wildman–Crippen MR) is 79.3 cm³/mol. The zero-order valence-electron chi connectivity index (χ0n) is 11.6. The van der Waals surface area contributed by atoms with Crippen LogP contribution in [0.5, 0.6) is 0 Å². The molecule has 0 saturated heterocycles. The van der Waals surface area contributed by atoms with Gasteiger partial charge in [0, 0.05) is 17.0 Å². The molecule has 0 amide bonds. The highest BCUT2D eigenvalue weighted by atomic mass is 79.9.